The van der Waals surface area contributed by atoms with Gasteiger partial charge in [0.2, 0.25) is 0 Å². The number of rotatable bonds is 4. The molecule has 0 atom stereocenters. The predicted octanol–water partition coefficient (Wildman–Crippen LogP) is 12.2. The molecule has 51 heavy (non-hydrogen) atoms. The van der Waals surface area contributed by atoms with E-state index in [1.165, 1.54) is 30.9 Å². The number of fused-ring (bicyclic) bond motifs is 9. The number of benzene rings is 7. The molecule has 0 aliphatic carbocycles. The van der Waals surface area contributed by atoms with E-state index in [2.05, 4.69) is 89.5 Å². The molecule has 0 amide bonds. The Morgan fingerprint density at radius 3 is 1.76 bits per heavy atom. The van der Waals surface area contributed by atoms with Gasteiger partial charge in [0.15, 0.2) is 17.5 Å². The summed E-state index contributed by atoms with van der Waals surface area (Å²) in [5, 5.41) is 7.04. The van der Waals surface area contributed by atoms with Gasteiger partial charge in [-0.1, -0.05) is 115 Å². The zero-order valence-electron chi connectivity index (χ0n) is 27.1. The van der Waals surface area contributed by atoms with E-state index in [1.807, 2.05) is 72.8 Å². The van der Waals surface area contributed by atoms with E-state index in [0.29, 0.717) is 17.5 Å². The normalized spacial score (nSPS) is 11.9. The highest BCUT2D eigenvalue weighted by molar-refractivity contribution is 7.26. The molecular weight excluding hydrogens is 645 g/mol. The molecule has 0 aliphatic heterocycles. The average Bonchev–Trinajstić information content (AvgIpc) is 3.86. The van der Waals surface area contributed by atoms with E-state index in [-0.39, 0.29) is 0 Å². The van der Waals surface area contributed by atoms with Crippen molar-refractivity contribution in [3.05, 3.63) is 158 Å². The monoisotopic (exact) mass is 670 g/mol. The minimum atomic E-state index is 0.628. The second-order valence-electron chi connectivity index (χ2n) is 12.8. The SMILES string of the molecule is c1ccc(-c2nc(-c3ccccc3)nc(-c3cc(-n4c5ccccc5c5cc6c(cc54)oc4ccccc46)c4c(c3)sc3ccccc34)n2)cc1. The van der Waals surface area contributed by atoms with E-state index in [4.69, 9.17) is 19.4 Å². The zero-order chi connectivity index (χ0) is 33.5. The number of hydrogen-bond donors (Lipinski definition) is 0. The molecule has 5 nitrogen and oxygen atoms in total. The summed E-state index contributed by atoms with van der Waals surface area (Å²) in [5.74, 6) is 1.91. The molecule has 0 unspecified atom stereocenters. The van der Waals surface area contributed by atoms with Gasteiger partial charge in [-0.15, -0.1) is 11.3 Å². The van der Waals surface area contributed by atoms with Gasteiger partial charge in [0.05, 0.1) is 16.7 Å². The maximum Gasteiger partial charge on any atom is 0.164 e. The molecule has 0 radical (unpaired) electrons. The topological polar surface area (TPSA) is 56.7 Å². The quantitative estimate of drug-likeness (QED) is 0.187. The first kappa shape index (κ1) is 28.2. The van der Waals surface area contributed by atoms with Crippen LogP contribution in [0.2, 0.25) is 0 Å². The van der Waals surface area contributed by atoms with Crippen LogP contribution in [0.25, 0.3) is 104 Å². The summed E-state index contributed by atoms with van der Waals surface area (Å²) < 4.78 is 11.3. The number of furan rings is 1. The van der Waals surface area contributed by atoms with E-state index in [0.717, 1.165) is 55.3 Å². The Hall–Kier alpha value is -6.63. The molecule has 0 N–H and O–H groups in total. The smallest absolute Gasteiger partial charge is 0.164 e. The maximum atomic E-state index is 6.46. The first-order valence-corrected chi connectivity index (χ1v) is 17.8. The Labute approximate surface area is 295 Å². The summed E-state index contributed by atoms with van der Waals surface area (Å²) >= 11 is 1.80. The Morgan fingerprint density at radius 2 is 1.02 bits per heavy atom. The third kappa shape index (κ3) is 4.37. The molecule has 0 bridgehead atoms. The minimum absolute atomic E-state index is 0.628. The van der Waals surface area contributed by atoms with Crippen LogP contribution in [0.1, 0.15) is 0 Å². The summed E-state index contributed by atoms with van der Waals surface area (Å²) in [6.45, 7) is 0. The molecule has 6 heteroatoms. The molecule has 0 spiro atoms. The lowest BCUT2D eigenvalue weighted by molar-refractivity contribution is 0.669. The van der Waals surface area contributed by atoms with Crippen molar-refractivity contribution in [2.24, 2.45) is 0 Å². The fourth-order valence-electron chi connectivity index (χ4n) is 7.52. The minimum Gasteiger partial charge on any atom is -0.456 e. The summed E-state index contributed by atoms with van der Waals surface area (Å²) in [6.07, 6.45) is 0. The summed E-state index contributed by atoms with van der Waals surface area (Å²) in [6, 6.07) is 54.9. The standard InChI is InChI=1S/C45H26N4OS/c1-3-13-27(14-4-1)43-46-44(28-15-5-2-6-16-28)48-45(47-43)29-23-37(42-32-19-9-12-22-40(32)51-41(42)24-29)49-35-20-10-7-17-30(35)33-25-34-31-18-8-11-21-38(31)50-39(34)26-36(33)49/h1-26H. The van der Waals surface area contributed by atoms with E-state index >= 15 is 0 Å². The Balaban J connectivity index is 1.25. The maximum absolute atomic E-state index is 6.46. The fourth-order valence-corrected chi connectivity index (χ4v) is 8.69. The molecule has 0 fully saturated rings. The first-order valence-electron chi connectivity index (χ1n) is 16.9. The van der Waals surface area contributed by atoms with Crippen LogP contribution in [0.5, 0.6) is 0 Å². The van der Waals surface area contributed by atoms with Crippen molar-refractivity contribution in [3.63, 3.8) is 0 Å². The van der Waals surface area contributed by atoms with E-state index in [1.54, 1.807) is 11.3 Å². The van der Waals surface area contributed by atoms with Crippen LogP contribution in [-0.4, -0.2) is 19.5 Å². The molecule has 238 valence electrons. The van der Waals surface area contributed by atoms with Crippen LogP contribution in [0.4, 0.5) is 0 Å². The van der Waals surface area contributed by atoms with E-state index in [9.17, 15) is 0 Å². The Kier molecular flexibility index (Phi) is 6.05. The van der Waals surface area contributed by atoms with Crippen molar-refractivity contribution >= 4 is 75.3 Å². The van der Waals surface area contributed by atoms with Crippen LogP contribution in [0.15, 0.2) is 162 Å². The van der Waals surface area contributed by atoms with Crippen LogP contribution in [0.3, 0.4) is 0 Å². The van der Waals surface area contributed by atoms with Crippen LogP contribution in [0, 0.1) is 0 Å². The summed E-state index contributed by atoms with van der Waals surface area (Å²) in [7, 11) is 0. The van der Waals surface area contributed by atoms with Crippen molar-refractivity contribution in [2.75, 3.05) is 0 Å². The zero-order valence-corrected chi connectivity index (χ0v) is 27.9. The predicted molar refractivity (Wildman–Crippen MR) is 211 cm³/mol. The third-order valence-electron chi connectivity index (χ3n) is 9.83. The summed E-state index contributed by atoms with van der Waals surface area (Å²) in [4.78, 5) is 15.2. The third-order valence-corrected chi connectivity index (χ3v) is 10.9. The number of para-hydroxylation sites is 2. The van der Waals surface area contributed by atoms with Gasteiger partial charge in [0.25, 0.3) is 0 Å². The van der Waals surface area contributed by atoms with Crippen molar-refractivity contribution in [3.8, 4) is 39.9 Å². The van der Waals surface area contributed by atoms with Crippen molar-refractivity contribution in [1.82, 2.24) is 19.5 Å². The van der Waals surface area contributed by atoms with Crippen LogP contribution >= 0.6 is 11.3 Å². The van der Waals surface area contributed by atoms with Gasteiger partial charge in [-0.3, -0.25) is 0 Å². The van der Waals surface area contributed by atoms with Crippen molar-refractivity contribution < 1.29 is 4.42 Å². The van der Waals surface area contributed by atoms with Gasteiger partial charge in [-0.05, 0) is 36.4 Å². The number of aromatic nitrogens is 4. The van der Waals surface area contributed by atoms with Crippen molar-refractivity contribution in [1.29, 1.82) is 0 Å². The van der Waals surface area contributed by atoms with Gasteiger partial charge in [0, 0.05) is 64.5 Å². The molecule has 11 rings (SSSR count). The highest BCUT2D eigenvalue weighted by Crippen LogP contribution is 2.44. The van der Waals surface area contributed by atoms with Gasteiger partial charge in [0.1, 0.15) is 11.2 Å². The number of hydrogen-bond acceptors (Lipinski definition) is 5. The highest BCUT2D eigenvalue weighted by Gasteiger charge is 2.22. The Bertz CT molecular complexity index is 3080. The summed E-state index contributed by atoms with van der Waals surface area (Å²) in [5.41, 5.74) is 7.86. The van der Waals surface area contributed by atoms with Gasteiger partial charge >= 0.3 is 0 Å². The second kappa shape index (κ2) is 10.9. The van der Waals surface area contributed by atoms with Gasteiger partial charge < -0.3 is 8.98 Å². The molecular formula is C45H26N4OS. The highest BCUT2D eigenvalue weighted by atomic mass is 32.1. The number of nitrogens with zero attached hydrogens (tertiary/aromatic N) is 4. The Morgan fingerprint density at radius 1 is 0.412 bits per heavy atom. The first-order chi connectivity index (χ1) is 25.3. The molecule has 0 saturated heterocycles. The molecule has 4 heterocycles. The number of thiophene rings is 1. The second-order valence-corrected chi connectivity index (χ2v) is 13.9. The molecule has 11 aromatic rings. The van der Waals surface area contributed by atoms with Gasteiger partial charge in [-0.2, -0.15) is 0 Å². The van der Waals surface area contributed by atoms with Crippen LogP contribution < -0.4 is 0 Å². The van der Waals surface area contributed by atoms with Crippen LogP contribution in [-0.2, 0) is 0 Å². The molecule has 0 saturated carbocycles. The van der Waals surface area contributed by atoms with Crippen molar-refractivity contribution in [2.45, 2.75) is 0 Å². The lowest BCUT2D eigenvalue weighted by Gasteiger charge is -2.14. The molecule has 4 aromatic heterocycles. The fraction of sp³-hybridized carbons (Fsp3) is 0. The average molecular weight is 671 g/mol. The van der Waals surface area contributed by atoms with E-state index < -0.39 is 0 Å². The molecule has 7 aromatic carbocycles. The lowest BCUT2D eigenvalue weighted by Crippen LogP contribution is -2.01. The largest absolute Gasteiger partial charge is 0.456 e. The molecule has 0 aliphatic rings. The van der Waals surface area contributed by atoms with Gasteiger partial charge in [-0.25, -0.2) is 15.0 Å². The lowest BCUT2D eigenvalue weighted by atomic mass is 10.1.